The Morgan fingerprint density at radius 1 is 1.07 bits per heavy atom. The minimum atomic E-state index is -0.932. The summed E-state index contributed by atoms with van der Waals surface area (Å²) in [5.74, 6) is -0.460. The van der Waals surface area contributed by atoms with E-state index in [1.54, 1.807) is 30.7 Å². The van der Waals surface area contributed by atoms with Crippen LogP contribution in [0.15, 0.2) is 42.5 Å². The third-order valence-corrected chi connectivity index (χ3v) is 5.34. The van der Waals surface area contributed by atoms with Gasteiger partial charge < -0.3 is 9.84 Å². The van der Waals surface area contributed by atoms with Gasteiger partial charge in [-0.2, -0.15) is 0 Å². The molecule has 1 N–H and O–H groups in total. The zero-order chi connectivity index (χ0) is 21.0. The van der Waals surface area contributed by atoms with Crippen molar-refractivity contribution in [2.24, 2.45) is 0 Å². The maximum Gasteiger partial charge on any atom is 0.307 e. The number of hydrogen-bond acceptors (Lipinski definition) is 3. The van der Waals surface area contributed by atoms with E-state index in [1.165, 1.54) is 18.4 Å². The second-order valence-corrected chi connectivity index (χ2v) is 7.31. The number of unbranched alkanes of at least 4 members (excludes halogenated alkanes) is 2. The summed E-state index contributed by atoms with van der Waals surface area (Å²) in [4.78, 5) is 24.7. The predicted octanol–water partition coefficient (Wildman–Crippen LogP) is 5.01. The van der Waals surface area contributed by atoms with Crippen LogP contribution in [0.3, 0.4) is 0 Å². The highest BCUT2D eigenvalue weighted by molar-refractivity contribution is 6.04. The fraction of sp³-hybridized carbons (Fsp3) is 0.333. The number of hydrogen-bond donors (Lipinski definition) is 1. The maximum atomic E-state index is 13.3. The van der Waals surface area contributed by atoms with Crippen LogP contribution in [0.5, 0.6) is 5.75 Å². The number of nitrogens with zero attached hydrogens (tertiary/aromatic N) is 1. The Labute approximate surface area is 170 Å². The van der Waals surface area contributed by atoms with E-state index >= 15 is 0 Å². The number of fused-ring (bicyclic) bond motifs is 1. The lowest BCUT2D eigenvalue weighted by Gasteiger charge is -2.09. The molecule has 0 amide bonds. The van der Waals surface area contributed by atoms with Crippen LogP contribution in [0, 0.1) is 6.92 Å². The molecule has 0 atom stereocenters. The Bertz CT molecular complexity index is 1030. The topological polar surface area (TPSA) is 68.5 Å². The number of aryl methyl sites for hydroxylation is 1. The first kappa shape index (κ1) is 20.6. The quantitative estimate of drug-likeness (QED) is 0.547. The zero-order valence-corrected chi connectivity index (χ0v) is 17.2. The van der Waals surface area contributed by atoms with Gasteiger partial charge in [0.1, 0.15) is 5.75 Å². The standard InChI is InChI=1S/C24H27NO4/c1-4-5-6-7-17-8-10-18(11-9-17)24(28)25-16(2)20(15-23(26)27)21-14-19(29-3)12-13-22(21)25/h8-14H,4-7,15H2,1-3H3,(H,26,27). The summed E-state index contributed by atoms with van der Waals surface area (Å²) in [6.07, 6.45) is 4.39. The van der Waals surface area contributed by atoms with E-state index in [1.807, 2.05) is 30.3 Å². The monoisotopic (exact) mass is 393 g/mol. The van der Waals surface area contributed by atoms with E-state index in [9.17, 15) is 14.7 Å². The number of ether oxygens (including phenoxy) is 1. The van der Waals surface area contributed by atoms with Gasteiger partial charge in [0.25, 0.3) is 5.91 Å². The van der Waals surface area contributed by atoms with Crippen molar-refractivity contribution in [3.05, 3.63) is 64.8 Å². The molecule has 0 saturated heterocycles. The van der Waals surface area contributed by atoms with Crippen molar-refractivity contribution in [1.29, 1.82) is 0 Å². The number of methoxy groups -OCH3 is 1. The molecular formula is C24H27NO4. The first-order valence-electron chi connectivity index (χ1n) is 9.99. The second kappa shape index (κ2) is 8.95. The fourth-order valence-electron chi connectivity index (χ4n) is 3.75. The van der Waals surface area contributed by atoms with Crippen LogP contribution in [-0.2, 0) is 17.6 Å². The number of carbonyl (C=O) groups is 2. The molecule has 5 heteroatoms. The Morgan fingerprint density at radius 2 is 1.79 bits per heavy atom. The fourth-order valence-corrected chi connectivity index (χ4v) is 3.75. The van der Waals surface area contributed by atoms with E-state index in [0.29, 0.717) is 28.1 Å². The Kier molecular flexibility index (Phi) is 6.37. The van der Waals surface area contributed by atoms with E-state index < -0.39 is 5.97 Å². The number of carbonyl (C=O) groups excluding carboxylic acids is 1. The number of rotatable bonds is 8. The lowest BCUT2D eigenvalue weighted by Crippen LogP contribution is -2.14. The third kappa shape index (κ3) is 4.34. The number of aromatic nitrogens is 1. The summed E-state index contributed by atoms with van der Waals surface area (Å²) in [6.45, 7) is 3.97. The van der Waals surface area contributed by atoms with Gasteiger partial charge in [0.05, 0.1) is 19.0 Å². The van der Waals surface area contributed by atoms with E-state index in [-0.39, 0.29) is 12.3 Å². The van der Waals surface area contributed by atoms with E-state index in [4.69, 9.17) is 4.74 Å². The highest BCUT2D eigenvalue weighted by Gasteiger charge is 2.21. The molecule has 0 aliphatic carbocycles. The summed E-state index contributed by atoms with van der Waals surface area (Å²) in [6, 6.07) is 13.1. The van der Waals surface area contributed by atoms with Gasteiger partial charge in [-0.15, -0.1) is 0 Å². The Hall–Kier alpha value is -3.08. The van der Waals surface area contributed by atoms with Gasteiger partial charge in [0, 0.05) is 16.6 Å². The molecule has 3 aromatic rings. The smallest absolute Gasteiger partial charge is 0.307 e. The van der Waals surface area contributed by atoms with Crippen molar-refractivity contribution < 1.29 is 19.4 Å². The minimum absolute atomic E-state index is 0.147. The van der Waals surface area contributed by atoms with Crippen LogP contribution in [0.1, 0.15) is 53.4 Å². The van der Waals surface area contributed by atoms with Gasteiger partial charge in [-0.25, -0.2) is 0 Å². The number of carboxylic acid groups (broad SMARTS) is 1. The van der Waals surface area contributed by atoms with Crippen LogP contribution in [0.4, 0.5) is 0 Å². The molecule has 29 heavy (non-hydrogen) atoms. The van der Waals surface area contributed by atoms with Crippen LogP contribution < -0.4 is 4.74 Å². The molecular weight excluding hydrogens is 366 g/mol. The van der Waals surface area contributed by atoms with E-state index in [2.05, 4.69) is 6.92 Å². The predicted molar refractivity (Wildman–Crippen MR) is 114 cm³/mol. The van der Waals surface area contributed by atoms with Crippen molar-refractivity contribution in [2.45, 2.75) is 46.0 Å². The second-order valence-electron chi connectivity index (χ2n) is 7.31. The molecule has 1 aromatic heterocycles. The van der Waals surface area contributed by atoms with Crippen LogP contribution >= 0.6 is 0 Å². The molecule has 0 fully saturated rings. The molecule has 3 rings (SSSR count). The normalized spacial score (nSPS) is 11.0. The summed E-state index contributed by atoms with van der Waals surface area (Å²) in [5.41, 5.74) is 3.78. The first-order chi connectivity index (χ1) is 14.0. The van der Waals surface area contributed by atoms with Gasteiger partial charge in [-0.1, -0.05) is 31.9 Å². The highest BCUT2D eigenvalue weighted by atomic mass is 16.5. The van der Waals surface area contributed by atoms with Gasteiger partial charge in [0.2, 0.25) is 0 Å². The molecule has 0 unspecified atom stereocenters. The largest absolute Gasteiger partial charge is 0.497 e. The summed E-state index contributed by atoms with van der Waals surface area (Å²) < 4.78 is 6.90. The number of aliphatic carboxylic acids is 1. The van der Waals surface area contributed by atoms with Crippen LogP contribution in [-0.4, -0.2) is 28.7 Å². The highest BCUT2D eigenvalue weighted by Crippen LogP contribution is 2.30. The molecule has 0 spiro atoms. The van der Waals surface area contributed by atoms with Crippen LogP contribution in [0.2, 0.25) is 0 Å². The van der Waals surface area contributed by atoms with Gasteiger partial charge in [-0.05, 0) is 61.2 Å². The zero-order valence-electron chi connectivity index (χ0n) is 17.2. The van der Waals surface area contributed by atoms with E-state index in [0.717, 1.165) is 18.2 Å². The van der Waals surface area contributed by atoms with Crippen molar-refractivity contribution in [1.82, 2.24) is 4.57 Å². The van der Waals surface area contributed by atoms with Gasteiger partial charge in [-0.3, -0.25) is 14.2 Å². The molecule has 0 radical (unpaired) electrons. The van der Waals surface area contributed by atoms with Crippen LogP contribution in [0.25, 0.3) is 10.9 Å². The van der Waals surface area contributed by atoms with Gasteiger partial charge >= 0.3 is 5.97 Å². The Balaban J connectivity index is 2.01. The Morgan fingerprint density at radius 3 is 2.41 bits per heavy atom. The van der Waals surface area contributed by atoms with Crippen molar-refractivity contribution in [3.8, 4) is 5.75 Å². The molecule has 0 aliphatic heterocycles. The van der Waals surface area contributed by atoms with Crippen molar-refractivity contribution >= 4 is 22.8 Å². The average molecular weight is 393 g/mol. The molecule has 1 heterocycles. The lowest BCUT2D eigenvalue weighted by atomic mass is 10.0. The number of benzene rings is 2. The molecule has 5 nitrogen and oxygen atoms in total. The molecule has 152 valence electrons. The summed E-state index contributed by atoms with van der Waals surface area (Å²) in [5, 5.41) is 10.1. The number of carboxylic acids is 1. The lowest BCUT2D eigenvalue weighted by molar-refractivity contribution is -0.136. The third-order valence-electron chi connectivity index (χ3n) is 5.34. The first-order valence-corrected chi connectivity index (χ1v) is 9.99. The average Bonchev–Trinajstić information content (AvgIpc) is 2.98. The minimum Gasteiger partial charge on any atom is -0.497 e. The maximum absolute atomic E-state index is 13.3. The SMILES string of the molecule is CCCCCc1ccc(C(=O)n2c(C)c(CC(=O)O)c3cc(OC)ccc32)cc1. The van der Waals surface area contributed by atoms with Crippen molar-refractivity contribution in [3.63, 3.8) is 0 Å². The molecule has 2 aromatic carbocycles. The summed E-state index contributed by atoms with van der Waals surface area (Å²) >= 11 is 0. The van der Waals surface area contributed by atoms with Gasteiger partial charge in [0.15, 0.2) is 0 Å². The summed E-state index contributed by atoms with van der Waals surface area (Å²) in [7, 11) is 1.56. The van der Waals surface area contributed by atoms with Crippen molar-refractivity contribution in [2.75, 3.05) is 7.11 Å². The molecule has 0 bridgehead atoms. The molecule has 0 aliphatic rings. The molecule has 0 saturated carbocycles.